The number of hydrogen-bond acceptors (Lipinski definition) is 6. The van der Waals surface area contributed by atoms with Gasteiger partial charge in [0.05, 0.1) is 7.11 Å². The van der Waals surface area contributed by atoms with Gasteiger partial charge in [-0.05, 0) is 49.9 Å². The lowest BCUT2D eigenvalue weighted by atomic mass is 9.78. The fraction of sp³-hybridized carbons (Fsp3) is 0.500. The first-order valence-corrected chi connectivity index (χ1v) is 9.60. The van der Waals surface area contributed by atoms with Gasteiger partial charge in [-0.25, -0.2) is 4.79 Å². The summed E-state index contributed by atoms with van der Waals surface area (Å²) in [6, 6.07) is 3.42. The van der Waals surface area contributed by atoms with Crippen molar-refractivity contribution in [3.05, 3.63) is 45.5 Å². The van der Waals surface area contributed by atoms with Gasteiger partial charge in [0, 0.05) is 41.3 Å². The average Bonchev–Trinajstić information content (AvgIpc) is 3.03. The van der Waals surface area contributed by atoms with Crippen LogP contribution in [0.2, 0.25) is 5.02 Å². The fourth-order valence-corrected chi connectivity index (χ4v) is 4.62. The van der Waals surface area contributed by atoms with Crippen molar-refractivity contribution in [1.29, 1.82) is 0 Å². The number of ketones is 1. The van der Waals surface area contributed by atoms with Crippen LogP contribution >= 0.6 is 11.6 Å². The van der Waals surface area contributed by atoms with Gasteiger partial charge < -0.3 is 20.0 Å². The predicted molar refractivity (Wildman–Crippen MR) is 104 cm³/mol. The Hall–Kier alpha value is -1.93. The van der Waals surface area contributed by atoms with Crippen LogP contribution in [0.25, 0.3) is 0 Å². The second kappa shape index (κ2) is 8.21. The van der Waals surface area contributed by atoms with Crippen LogP contribution in [0.15, 0.2) is 23.8 Å². The van der Waals surface area contributed by atoms with Crippen LogP contribution in [0.3, 0.4) is 0 Å². The third-order valence-corrected chi connectivity index (χ3v) is 5.86. The number of rotatable bonds is 5. The summed E-state index contributed by atoms with van der Waals surface area (Å²) < 4.78 is 5.11. The molecule has 1 aromatic rings. The first-order valence-electron chi connectivity index (χ1n) is 9.22. The van der Waals surface area contributed by atoms with Crippen LogP contribution in [0, 0.1) is 13.8 Å². The molecule has 1 fully saturated rings. The van der Waals surface area contributed by atoms with E-state index in [0.717, 1.165) is 11.1 Å². The Kier molecular flexibility index (Phi) is 6.09. The number of nitrogens with zero attached hydrogens (tertiary/aromatic N) is 1. The molecule has 1 saturated heterocycles. The Bertz CT molecular complexity index is 792. The Morgan fingerprint density at radius 1 is 1.25 bits per heavy atom. The Labute approximate surface area is 169 Å². The van der Waals surface area contributed by atoms with Gasteiger partial charge in [0.1, 0.15) is 0 Å². The molecule has 152 valence electrons. The van der Waals surface area contributed by atoms with Gasteiger partial charge in [0.25, 0.3) is 0 Å². The summed E-state index contributed by atoms with van der Waals surface area (Å²) in [6.45, 7) is 5.52. The normalized spacial score (nSPS) is 20.1. The Morgan fingerprint density at radius 3 is 2.39 bits per heavy atom. The first kappa shape index (κ1) is 20.8. The number of hydrogen-bond donors (Lipinski definition) is 2. The molecule has 0 bridgehead atoms. The van der Waals surface area contributed by atoms with E-state index in [-0.39, 0.29) is 5.78 Å². The number of carbonyl (C=O) groups excluding carboxylic acids is 1. The van der Waals surface area contributed by atoms with Gasteiger partial charge in [-0.15, -0.1) is 0 Å². The largest absolute Gasteiger partial charge is 0.506 e. The number of carbonyl (C=O) groups is 2. The van der Waals surface area contributed by atoms with E-state index in [0.29, 0.717) is 48.6 Å². The lowest BCUT2D eigenvalue weighted by Crippen LogP contribution is -2.53. The minimum atomic E-state index is -1.48. The highest BCUT2D eigenvalue weighted by molar-refractivity contribution is 6.30. The van der Waals surface area contributed by atoms with Gasteiger partial charge in [0.2, 0.25) is 5.78 Å². The highest BCUT2D eigenvalue weighted by Crippen LogP contribution is 2.38. The molecule has 0 radical (unpaired) electrons. The van der Waals surface area contributed by atoms with Crippen molar-refractivity contribution in [2.75, 3.05) is 26.7 Å². The van der Waals surface area contributed by atoms with E-state index in [4.69, 9.17) is 21.2 Å². The summed E-state index contributed by atoms with van der Waals surface area (Å²) in [5, 5.41) is 15.1. The maximum atomic E-state index is 13.5. The number of aryl methyl sites for hydroxylation is 2. The van der Waals surface area contributed by atoms with Crippen LogP contribution < -0.4 is 5.32 Å². The van der Waals surface area contributed by atoms with E-state index in [1.807, 2.05) is 11.1 Å². The number of benzene rings is 1. The van der Waals surface area contributed by atoms with Crippen LogP contribution in [0.5, 0.6) is 0 Å². The van der Waals surface area contributed by atoms with Crippen molar-refractivity contribution in [2.45, 2.75) is 38.3 Å². The van der Waals surface area contributed by atoms with Gasteiger partial charge in [0.15, 0.2) is 6.10 Å². The fourth-order valence-electron chi connectivity index (χ4n) is 4.29. The summed E-state index contributed by atoms with van der Waals surface area (Å²) in [5.74, 6) is -0.327. The zero-order valence-corrected chi connectivity index (χ0v) is 17.0. The summed E-state index contributed by atoms with van der Waals surface area (Å²) in [6.07, 6.45) is 0.525. The van der Waals surface area contributed by atoms with Crippen molar-refractivity contribution in [3.63, 3.8) is 0 Å². The van der Waals surface area contributed by atoms with Crippen molar-refractivity contribution in [2.24, 2.45) is 0 Å². The molecular weight excluding hydrogens is 384 g/mol. The molecule has 2 aliphatic rings. The maximum absolute atomic E-state index is 13.5. The number of ether oxygens (including phenoxy) is 1. The SMILES string of the molecule is CON1CCC2(CC1)NCC=C2C(=O)C(OC(=O)O)c1c(C)cc(Cl)cc1C. The molecule has 0 aliphatic carbocycles. The zero-order valence-electron chi connectivity index (χ0n) is 16.3. The number of nitrogens with one attached hydrogen (secondary N) is 1. The number of Topliss-reactive ketones (excluding diaryl/α,β-unsaturated/α-hetero) is 1. The molecule has 1 spiro atoms. The second-order valence-corrected chi connectivity index (χ2v) is 7.71. The van der Waals surface area contributed by atoms with E-state index >= 15 is 0 Å². The predicted octanol–water partition coefficient (Wildman–Crippen LogP) is 3.19. The van der Waals surface area contributed by atoms with Crippen LogP contribution in [-0.4, -0.2) is 54.4 Å². The van der Waals surface area contributed by atoms with E-state index < -0.39 is 17.8 Å². The van der Waals surface area contributed by atoms with Crippen molar-refractivity contribution in [3.8, 4) is 0 Å². The molecule has 7 nitrogen and oxygen atoms in total. The monoisotopic (exact) mass is 408 g/mol. The number of halogens is 1. The zero-order chi connectivity index (χ0) is 20.5. The molecule has 1 atom stereocenters. The molecule has 2 aliphatic heterocycles. The van der Waals surface area contributed by atoms with E-state index in [1.165, 1.54) is 0 Å². The molecule has 0 aromatic heterocycles. The highest BCUT2D eigenvalue weighted by atomic mass is 35.5. The van der Waals surface area contributed by atoms with Crippen molar-refractivity contribution < 1.29 is 24.3 Å². The van der Waals surface area contributed by atoms with E-state index in [1.54, 1.807) is 33.1 Å². The van der Waals surface area contributed by atoms with Crippen LogP contribution in [-0.2, 0) is 14.4 Å². The van der Waals surface area contributed by atoms with Gasteiger partial charge >= 0.3 is 6.16 Å². The number of hydroxylamine groups is 2. The van der Waals surface area contributed by atoms with Crippen LogP contribution in [0.4, 0.5) is 4.79 Å². The molecule has 28 heavy (non-hydrogen) atoms. The topological polar surface area (TPSA) is 88.1 Å². The number of piperidine rings is 1. The Balaban J connectivity index is 1.96. The summed E-state index contributed by atoms with van der Waals surface area (Å²) in [7, 11) is 1.63. The quantitative estimate of drug-likeness (QED) is 0.723. The van der Waals surface area contributed by atoms with Gasteiger partial charge in [-0.1, -0.05) is 17.7 Å². The molecule has 0 saturated carbocycles. The lowest BCUT2D eigenvalue weighted by molar-refractivity contribution is -0.150. The second-order valence-electron chi connectivity index (χ2n) is 7.27. The minimum Gasteiger partial charge on any atom is -0.450 e. The van der Waals surface area contributed by atoms with Crippen molar-refractivity contribution >= 4 is 23.5 Å². The molecule has 3 rings (SSSR count). The van der Waals surface area contributed by atoms with E-state index in [9.17, 15) is 14.7 Å². The molecule has 2 N–H and O–H groups in total. The Morgan fingerprint density at radius 2 is 1.86 bits per heavy atom. The summed E-state index contributed by atoms with van der Waals surface area (Å²) in [5.41, 5.74) is 2.09. The van der Waals surface area contributed by atoms with Gasteiger partial charge in [-0.3, -0.25) is 4.79 Å². The molecule has 0 amide bonds. The maximum Gasteiger partial charge on any atom is 0.506 e. The molecule has 8 heteroatoms. The smallest absolute Gasteiger partial charge is 0.450 e. The minimum absolute atomic E-state index is 0.327. The molecular formula is C20H25ClN2O5. The first-order chi connectivity index (χ1) is 13.3. The van der Waals surface area contributed by atoms with Crippen LogP contribution in [0.1, 0.15) is 35.6 Å². The summed E-state index contributed by atoms with van der Waals surface area (Å²) >= 11 is 6.10. The standard InChI is InChI=1S/C20H25ClN2O5/c1-12-10-14(21)11-13(2)16(12)18(28-19(25)26)17(24)15-4-7-22-20(15)5-8-23(27-3)9-6-20/h4,10-11,18,22H,5-9H2,1-3H3,(H,25,26). The summed E-state index contributed by atoms with van der Waals surface area (Å²) in [4.78, 5) is 30.2. The lowest BCUT2D eigenvalue weighted by Gasteiger charge is -2.40. The van der Waals surface area contributed by atoms with E-state index in [2.05, 4.69) is 5.32 Å². The van der Waals surface area contributed by atoms with Crippen molar-refractivity contribution in [1.82, 2.24) is 10.4 Å². The molecule has 1 unspecified atom stereocenters. The highest BCUT2D eigenvalue weighted by Gasteiger charge is 2.46. The van der Waals surface area contributed by atoms with Gasteiger partial charge in [-0.2, -0.15) is 5.06 Å². The third-order valence-electron chi connectivity index (χ3n) is 5.64. The molecule has 1 aromatic carbocycles. The number of carboxylic acid groups (broad SMARTS) is 1. The third kappa shape index (κ3) is 3.93. The average molecular weight is 409 g/mol. The molecule has 2 heterocycles.